The quantitative estimate of drug-likeness (QED) is 0.203. The van der Waals surface area contributed by atoms with E-state index in [9.17, 15) is 0 Å². The zero-order chi connectivity index (χ0) is 29.1. The molecule has 0 radical (unpaired) electrons. The normalized spacial score (nSPS) is 20.6. The molecule has 2 fully saturated rings. The third-order valence-electron chi connectivity index (χ3n) is 8.82. The van der Waals surface area contributed by atoms with Crippen molar-refractivity contribution in [2.75, 3.05) is 0 Å². The fourth-order valence-corrected chi connectivity index (χ4v) is 5.88. The van der Waals surface area contributed by atoms with Crippen LogP contribution >= 0.6 is 31.9 Å². The number of rotatable bonds is 2. The molecule has 2 aliphatic rings. The van der Waals surface area contributed by atoms with E-state index in [1.165, 1.54) is 10.8 Å². The van der Waals surface area contributed by atoms with Crippen molar-refractivity contribution in [3.8, 4) is 0 Å². The molecule has 6 rings (SSSR count). The molecule has 0 aromatic heterocycles. The highest BCUT2D eigenvalue weighted by atomic mass is 79.9. The lowest BCUT2D eigenvalue weighted by atomic mass is 9.70. The molecule has 4 nitrogen and oxygen atoms in total. The number of halogens is 2. The van der Waals surface area contributed by atoms with E-state index in [0.29, 0.717) is 0 Å². The molecule has 8 heteroatoms. The minimum absolute atomic E-state index is 0. The molecule has 0 N–H and O–H groups in total. The highest BCUT2D eigenvalue weighted by Gasteiger charge is 2.54. The van der Waals surface area contributed by atoms with Crippen molar-refractivity contribution in [2.45, 2.75) is 77.8 Å². The Balaban J connectivity index is 0.000000249. The van der Waals surface area contributed by atoms with Gasteiger partial charge < -0.3 is 18.6 Å². The summed E-state index contributed by atoms with van der Waals surface area (Å²) in [5.41, 5.74) is 0.586. The van der Waals surface area contributed by atoms with Gasteiger partial charge in [0.05, 0.1) is 22.4 Å². The van der Waals surface area contributed by atoms with Crippen LogP contribution in [0.15, 0.2) is 81.7 Å². The van der Waals surface area contributed by atoms with Crippen LogP contribution in [0.5, 0.6) is 0 Å². The van der Waals surface area contributed by atoms with E-state index in [1.807, 2.05) is 36.4 Å². The van der Waals surface area contributed by atoms with Gasteiger partial charge in [0, 0.05) is 10.4 Å². The van der Waals surface area contributed by atoms with E-state index in [-0.39, 0.29) is 23.8 Å². The van der Waals surface area contributed by atoms with Gasteiger partial charge >= 0.3 is 14.2 Å². The van der Waals surface area contributed by atoms with Crippen LogP contribution in [0.3, 0.4) is 0 Å². The second kappa shape index (κ2) is 10.6. The minimum atomic E-state index is -0.401. The van der Waals surface area contributed by atoms with Crippen LogP contribution in [0, 0.1) is 0 Å². The molecule has 4 aromatic carbocycles. The van der Waals surface area contributed by atoms with Crippen LogP contribution in [0.1, 0.15) is 56.8 Å². The van der Waals surface area contributed by atoms with Crippen LogP contribution in [0.25, 0.3) is 21.5 Å². The first-order valence-electron chi connectivity index (χ1n) is 13.7. The average molecular weight is 669 g/mol. The average Bonchev–Trinajstić information content (AvgIpc) is 3.25. The highest BCUT2D eigenvalue weighted by Crippen LogP contribution is 2.38. The monoisotopic (exact) mass is 667 g/mol. The van der Waals surface area contributed by atoms with Gasteiger partial charge in [-0.05, 0) is 100.0 Å². The van der Waals surface area contributed by atoms with Crippen molar-refractivity contribution in [2.24, 2.45) is 0 Å². The molecule has 0 bridgehead atoms. The van der Waals surface area contributed by atoms with E-state index in [4.69, 9.17) is 18.6 Å². The first kappa shape index (κ1) is 29.8. The summed E-state index contributed by atoms with van der Waals surface area (Å²) >= 11 is 7.02. The molecule has 210 valence electrons. The first-order valence-corrected chi connectivity index (χ1v) is 15.3. The summed E-state index contributed by atoms with van der Waals surface area (Å²) in [5.74, 6) is 0. The maximum absolute atomic E-state index is 6.31. The van der Waals surface area contributed by atoms with E-state index in [1.54, 1.807) is 0 Å². The summed E-state index contributed by atoms with van der Waals surface area (Å²) in [6, 6.07) is 24.9. The molecular formula is C32H38B2Br2O4. The number of hydrogen-bond acceptors (Lipinski definition) is 4. The van der Waals surface area contributed by atoms with E-state index in [2.05, 4.69) is 124 Å². The summed E-state index contributed by atoms with van der Waals surface area (Å²) in [6.45, 7) is 16.6. The minimum Gasteiger partial charge on any atom is -0.399 e. The number of fused-ring (bicyclic) bond motifs is 2. The molecule has 0 amide bonds. The predicted octanol–water partition coefficient (Wildman–Crippen LogP) is 8.05. The molecule has 0 unspecified atom stereocenters. The smallest absolute Gasteiger partial charge is 0.399 e. The zero-order valence-corrected chi connectivity index (χ0v) is 27.6. The van der Waals surface area contributed by atoms with Crippen molar-refractivity contribution in [3.05, 3.63) is 81.7 Å². The van der Waals surface area contributed by atoms with Gasteiger partial charge in [0.1, 0.15) is 0 Å². The van der Waals surface area contributed by atoms with Crippen LogP contribution < -0.4 is 10.9 Å². The van der Waals surface area contributed by atoms with Gasteiger partial charge in [-0.3, -0.25) is 0 Å². The SMILES string of the molecule is Brc1ccc(Br)c2ccccc12.CC1(C)OB(c2ccc(B3OC(C)(C)C(C)(C)O3)c3ccccc23)OC1(C)C.[2HH]. The zero-order valence-electron chi connectivity index (χ0n) is 24.5. The highest BCUT2D eigenvalue weighted by molar-refractivity contribution is 9.11. The van der Waals surface area contributed by atoms with Gasteiger partial charge in [-0.1, -0.05) is 92.5 Å². The Morgan fingerprint density at radius 2 is 0.725 bits per heavy atom. The van der Waals surface area contributed by atoms with E-state index >= 15 is 0 Å². The Labute approximate surface area is 257 Å². The van der Waals surface area contributed by atoms with Crippen LogP contribution in [0.4, 0.5) is 0 Å². The summed E-state index contributed by atoms with van der Waals surface area (Å²) in [6.07, 6.45) is 0. The lowest BCUT2D eigenvalue weighted by Crippen LogP contribution is -2.41. The molecule has 2 saturated heterocycles. The van der Waals surface area contributed by atoms with Gasteiger partial charge in [0.2, 0.25) is 0 Å². The molecule has 0 atom stereocenters. The molecule has 0 aliphatic carbocycles. The van der Waals surface area contributed by atoms with Gasteiger partial charge in [-0.15, -0.1) is 0 Å². The number of benzene rings is 4. The second-order valence-corrected chi connectivity index (χ2v) is 14.2. The summed E-state index contributed by atoms with van der Waals surface area (Å²) in [4.78, 5) is 0. The van der Waals surface area contributed by atoms with Gasteiger partial charge in [-0.25, -0.2) is 0 Å². The third-order valence-corrected chi connectivity index (χ3v) is 10.2. The fraction of sp³-hybridized carbons (Fsp3) is 0.375. The lowest BCUT2D eigenvalue weighted by Gasteiger charge is -2.32. The third kappa shape index (κ3) is 5.32. The Kier molecular flexibility index (Phi) is 7.86. The van der Waals surface area contributed by atoms with E-state index < -0.39 is 14.2 Å². The Morgan fingerprint density at radius 1 is 0.450 bits per heavy atom. The van der Waals surface area contributed by atoms with Crippen molar-refractivity contribution < 1.29 is 20.0 Å². The molecule has 4 aromatic rings. The van der Waals surface area contributed by atoms with Crippen LogP contribution in [0.2, 0.25) is 0 Å². The molecule has 0 saturated carbocycles. The van der Waals surface area contributed by atoms with Gasteiger partial charge in [0.15, 0.2) is 0 Å². The van der Waals surface area contributed by atoms with Crippen molar-refractivity contribution in [3.63, 3.8) is 0 Å². The predicted molar refractivity (Wildman–Crippen MR) is 177 cm³/mol. The first-order chi connectivity index (χ1) is 18.6. The summed E-state index contributed by atoms with van der Waals surface area (Å²) in [7, 11) is -0.801. The molecule has 2 aliphatic heterocycles. The van der Waals surface area contributed by atoms with Crippen molar-refractivity contribution in [1.29, 1.82) is 0 Å². The largest absolute Gasteiger partial charge is 0.495 e. The van der Waals surface area contributed by atoms with Crippen molar-refractivity contribution >= 4 is 78.6 Å². The molecule has 40 heavy (non-hydrogen) atoms. The topological polar surface area (TPSA) is 36.9 Å². The van der Waals surface area contributed by atoms with Gasteiger partial charge in [-0.2, -0.15) is 0 Å². The van der Waals surface area contributed by atoms with Crippen LogP contribution in [-0.2, 0) is 18.6 Å². The Bertz CT molecular complexity index is 1430. The lowest BCUT2D eigenvalue weighted by molar-refractivity contribution is 0.00578. The standard InChI is InChI=1S/C22H30B2O4.C10H6Br2.H2/c1-19(2)20(3,4)26-23(25-19)17-13-14-18(16-12-10-9-11-15(16)17)24-27-21(5,6)22(7,8)28-24;11-9-5-6-10(12)8-4-2-1-3-7(8)9;/h9-14H,1-8H3;1-6H;1H/i;;1+1. The maximum Gasteiger partial charge on any atom is 0.495 e. The molecule has 0 spiro atoms. The fourth-order valence-electron chi connectivity index (χ4n) is 4.92. The van der Waals surface area contributed by atoms with Crippen molar-refractivity contribution in [1.82, 2.24) is 0 Å². The van der Waals surface area contributed by atoms with E-state index in [0.717, 1.165) is 30.6 Å². The number of hydrogen-bond donors (Lipinski definition) is 0. The summed E-state index contributed by atoms with van der Waals surface area (Å²) < 4.78 is 27.5. The Hall–Kier alpha value is -1.67. The maximum atomic E-state index is 6.31. The van der Waals surface area contributed by atoms with Gasteiger partial charge in [0.25, 0.3) is 0 Å². The second-order valence-electron chi connectivity index (χ2n) is 12.5. The summed E-state index contributed by atoms with van der Waals surface area (Å²) in [5, 5.41) is 4.69. The van der Waals surface area contributed by atoms with Crippen LogP contribution in [-0.4, -0.2) is 36.6 Å². The molecule has 2 heterocycles. The molecular weight excluding hydrogens is 630 g/mol. The Morgan fingerprint density at radius 3 is 1.02 bits per heavy atom.